The monoisotopic (exact) mass is 573 g/mol. The lowest BCUT2D eigenvalue weighted by Gasteiger charge is -2.32. The minimum atomic E-state index is -0.219. The number of carbonyl (C=O) groups is 1. The summed E-state index contributed by atoms with van der Waals surface area (Å²) in [5, 5.41) is 6.57. The van der Waals surface area contributed by atoms with Crippen molar-refractivity contribution in [2.24, 2.45) is 0 Å². The molecule has 4 rings (SSSR count). The van der Waals surface area contributed by atoms with Crippen molar-refractivity contribution < 1.29 is 14.3 Å². The van der Waals surface area contributed by atoms with Gasteiger partial charge in [-0.05, 0) is 91.4 Å². The fourth-order valence-electron chi connectivity index (χ4n) is 4.86. The summed E-state index contributed by atoms with van der Waals surface area (Å²) in [6, 6.07) is 20.5. The van der Waals surface area contributed by atoms with Crippen molar-refractivity contribution in [2.45, 2.75) is 52.7 Å². The summed E-state index contributed by atoms with van der Waals surface area (Å²) >= 11 is 6.12. The summed E-state index contributed by atoms with van der Waals surface area (Å²) in [6.45, 7) is 8.90. The summed E-state index contributed by atoms with van der Waals surface area (Å²) in [7, 11) is 0. The van der Waals surface area contributed by atoms with Gasteiger partial charge in [-0.1, -0.05) is 61.0 Å². The first-order chi connectivity index (χ1) is 20.0. The second-order valence-electron chi connectivity index (χ2n) is 10.1. The van der Waals surface area contributed by atoms with Crippen LogP contribution in [-0.4, -0.2) is 48.3 Å². The van der Waals surface area contributed by atoms with Gasteiger partial charge < -0.3 is 19.7 Å². The minimum absolute atomic E-state index is 0.219. The largest absolute Gasteiger partial charge is 0.487 e. The zero-order valence-corrected chi connectivity index (χ0v) is 25.0. The SMILES string of the molecule is CC=c1ccc(COc2ccc(C(=Cc3ccc(Cl)cc3)CNC3CCN(C(=O)OCC)CC3)cc2)nc1=CCC. The highest BCUT2D eigenvalue weighted by Gasteiger charge is 2.23. The molecule has 0 atom stereocenters. The molecule has 0 saturated carbocycles. The molecule has 41 heavy (non-hydrogen) atoms. The zero-order chi connectivity index (χ0) is 29.0. The molecule has 1 aliphatic heterocycles. The molecule has 2 aromatic carbocycles. The summed E-state index contributed by atoms with van der Waals surface area (Å²) in [5.41, 5.74) is 4.27. The summed E-state index contributed by atoms with van der Waals surface area (Å²) in [5.74, 6) is 0.799. The number of nitrogens with zero attached hydrogens (tertiary/aromatic N) is 2. The number of amides is 1. The first kappa shape index (κ1) is 30.4. The third-order valence-corrected chi connectivity index (χ3v) is 7.40. The van der Waals surface area contributed by atoms with Crippen LogP contribution in [0, 0.1) is 0 Å². The molecule has 216 valence electrons. The van der Waals surface area contributed by atoms with Crippen LogP contribution < -0.4 is 20.6 Å². The topological polar surface area (TPSA) is 63.7 Å². The molecular weight excluding hydrogens is 534 g/mol. The molecule has 1 amide bonds. The van der Waals surface area contributed by atoms with Crippen molar-refractivity contribution in [1.82, 2.24) is 15.2 Å². The molecule has 1 saturated heterocycles. The van der Waals surface area contributed by atoms with E-state index in [4.69, 9.17) is 26.1 Å². The smallest absolute Gasteiger partial charge is 0.409 e. The van der Waals surface area contributed by atoms with Gasteiger partial charge in [0.1, 0.15) is 12.4 Å². The van der Waals surface area contributed by atoms with Gasteiger partial charge in [0.15, 0.2) is 0 Å². The molecule has 2 heterocycles. The van der Waals surface area contributed by atoms with E-state index in [1.165, 1.54) is 5.57 Å². The highest BCUT2D eigenvalue weighted by Crippen LogP contribution is 2.23. The molecule has 0 bridgehead atoms. The van der Waals surface area contributed by atoms with Gasteiger partial charge in [-0.3, -0.25) is 0 Å². The molecule has 1 aliphatic rings. The molecule has 1 fully saturated rings. The average Bonchev–Trinajstić information content (AvgIpc) is 3.00. The predicted molar refractivity (Wildman–Crippen MR) is 168 cm³/mol. The van der Waals surface area contributed by atoms with E-state index in [2.05, 4.69) is 48.7 Å². The van der Waals surface area contributed by atoms with Crippen molar-refractivity contribution >= 4 is 41.5 Å². The van der Waals surface area contributed by atoms with Crippen LogP contribution in [-0.2, 0) is 11.3 Å². The van der Waals surface area contributed by atoms with E-state index in [9.17, 15) is 4.79 Å². The zero-order valence-electron chi connectivity index (χ0n) is 24.2. The first-order valence-corrected chi connectivity index (χ1v) is 14.8. The van der Waals surface area contributed by atoms with Gasteiger partial charge in [-0.15, -0.1) is 0 Å². The third kappa shape index (κ3) is 8.94. The Bertz CT molecular complexity index is 1430. The van der Waals surface area contributed by atoms with Gasteiger partial charge in [-0.25, -0.2) is 9.78 Å². The number of pyridine rings is 1. The van der Waals surface area contributed by atoms with Crippen LogP contribution in [0.1, 0.15) is 56.9 Å². The number of ether oxygens (including phenoxy) is 2. The maximum absolute atomic E-state index is 12.1. The molecule has 0 unspecified atom stereocenters. The van der Waals surface area contributed by atoms with Crippen molar-refractivity contribution in [3.8, 4) is 5.75 Å². The van der Waals surface area contributed by atoms with Crippen molar-refractivity contribution in [1.29, 1.82) is 0 Å². The van der Waals surface area contributed by atoms with Crippen LogP contribution in [0.2, 0.25) is 5.02 Å². The van der Waals surface area contributed by atoms with Crippen molar-refractivity contribution in [3.05, 3.63) is 93.1 Å². The van der Waals surface area contributed by atoms with Crippen LogP contribution in [0.4, 0.5) is 4.79 Å². The number of likely N-dealkylation sites (tertiary alicyclic amines) is 1. The number of piperidine rings is 1. The summed E-state index contributed by atoms with van der Waals surface area (Å²) in [4.78, 5) is 18.6. The normalized spacial score (nSPS) is 15.3. The van der Waals surface area contributed by atoms with Gasteiger partial charge in [0.2, 0.25) is 0 Å². The number of hydrogen-bond acceptors (Lipinski definition) is 5. The maximum atomic E-state index is 12.1. The molecule has 0 radical (unpaired) electrons. The fourth-order valence-corrected chi connectivity index (χ4v) is 4.99. The van der Waals surface area contributed by atoms with Gasteiger partial charge in [0, 0.05) is 30.7 Å². The Kier molecular flexibility index (Phi) is 11.4. The standard InChI is InChI=1S/C34H40ClN3O3/c1-4-7-33-26(5-2)10-15-31(37-33)24-41-32-16-11-27(12-17-32)28(22-25-8-13-29(35)14-9-25)23-36-30-18-20-38(21-19-30)34(39)40-6-3/h5,7-17,22,30,36H,4,6,18-21,23-24H2,1-3H3. The molecule has 1 N–H and O–H groups in total. The number of halogens is 1. The fraction of sp³-hybridized carbons (Fsp3) is 0.353. The van der Waals surface area contributed by atoms with E-state index in [1.54, 1.807) is 4.90 Å². The van der Waals surface area contributed by atoms with E-state index in [0.717, 1.165) is 52.4 Å². The first-order valence-electron chi connectivity index (χ1n) is 14.5. The Balaban J connectivity index is 1.43. The van der Waals surface area contributed by atoms with Crippen molar-refractivity contribution in [2.75, 3.05) is 26.2 Å². The lowest BCUT2D eigenvalue weighted by atomic mass is 10.0. The molecule has 3 aromatic rings. The van der Waals surface area contributed by atoms with Gasteiger partial charge in [0.25, 0.3) is 0 Å². The number of carbonyl (C=O) groups excluding carboxylic acids is 1. The predicted octanol–water partition coefficient (Wildman–Crippen LogP) is 6.06. The second kappa shape index (κ2) is 15.4. The van der Waals surface area contributed by atoms with E-state index >= 15 is 0 Å². The van der Waals surface area contributed by atoms with Crippen LogP contribution >= 0.6 is 11.6 Å². The van der Waals surface area contributed by atoms with Gasteiger partial charge >= 0.3 is 6.09 Å². The van der Waals surface area contributed by atoms with E-state index in [-0.39, 0.29) is 6.09 Å². The molecule has 0 spiro atoms. The van der Waals surface area contributed by atoms with E-state index in [1.807, 2.05) is 56.3 Å². The Hall–Kier alpha value is -3.61. The summed E-state index contributed by atoms with van der Waals surface area (Å²) < 4.78 is 11.2. The lowest BCUT2D eigenvalue weighted by Crippen LogP contribution is -2.45. The third-order valence-electron chi connectivity index (χ3n) is 7.15. The Morgan fingerprint density at radius 1 is 1.05 bits per heavy atom. The van der Waals surface area contributed by atoms with Crippen LogP contribution in [0.5, 0.6) is 5.75 Å². The minimum Gasteiger partial charge on any atom is -0.487 e. The summed E-state index contributed by atoms with van der Waals surface area (Å²) in [6.07, 6.45) is 8.91. The maximum Gasteiger partial charge on any atom is 0.409 e. The molecule has 1 aromatic heterocycles. The van der Waals surface area contributed by atoms with Gasteiger partial charge in [-0.2, -0.15) is 0 Å². The van der Waals surface area contributed by atoms with Crippen LogP contribution in [0.25, 0.3) is 23.8 Å². The highest BCUT2D eigenvalue weighted by molar-refractivity contribution is 6.30. The van der Waals surface area contributed by atoms with Crippen LogP contribution in [0.15, 0.2) is 60.7 Å². The quantitative estimate of drug-likeness (QED) is 0.299. The Morgan fingerprint density at radius 3 is 2.44 bits per heavy atom. The lowest BCUT2D eigenvalue weighted by molar-refractivity contribution is 0.0954. The molecular formula is C34H40ClN3O3. The average molecular weight is 574 g/mol. The number of nitrogens with one attached hydrogen (secondary N) is 1. The number of hydrogen-bond donors (Lipinski definition) is 1. The van der Waals surface area contributed by atoms with E-state index in [0.29, 0.717) is 43.9 Å². The number of benzene rings is 2. The number of rotatable bonds is 10. The van der Waals surface area contributed by atoms with Crippen molar-refractivity contribution in [3.63, 3.8) is 0 Å². The molecule has 7 heteroatoms. The van der Waals surface area contributed by atoms with Gasteiger partial charge in [0.05, 0.1) is 17.6 Å². The number of aromatic nitrogens is 1. The Morgan fingerprint density at radius 2 is 1.78 bits per heavy atom. The highest BCUT2D eigenvalue weighted by atomic mass is 35.5. The van der Waals surface area contributed by atoms with E-state index < -0.39 is 0 Å². The Labute approximate surface area is 248 Å². The molecule has 6 nitrogen and oxygen atoms in total. The molecule has 0 aliphatic carbocycles. The van der Waals surface area contributed by atoms with Crippen LogP contribution in [0.3, 0.4) is 0 Å². The second-order valence-corrected chi connectivity index (χ2v) is 10.5.